The van der Waals surface area contributed by atoms with Crippen LogP contribution in [0, 0.1) is 5.92 Å². The number of carbonyl (C=O) groups is 1. The maximum atomic E-state index is 12.2. The number of hydrogen-bond acceptors (Lipinski definition) is 1. The number of ketones is 1. The molecule has 2 aliphatic rings. The molecular weight excluding hydrogens is 388 g/mol. The van der Waals surface area contributed by atoms with E-state index < -0.39 is 0 Å². The van der Waals surface area contributed by atoms with E-state index in [1.165, 1.54) is 44.5 Å². The van der Waals surface area contributed by atoms with E-state index in [1.54, 1.807) is 6.92 Å². The molecular formula is C31H32O. The van der Waals surface area contributed by atoms with Gasteiger partial charge in [0.05, 0.1) is 0 Å². The Labute approximate surface area is 192 Å². The summed E-state index contributed by atoms with van der Waals surface area (Å²) in [6, 6.07) is 24.6. The van der Waals surface area contributed by atoms with Crippen molar-refractivity contribution in [3.8, 4) is 0 Å². The monoisotopic (exact) mass is 420 g/mol. The van der Waals surface area contributed by atoms with Crippen LogP contribution in [0.3, 0.4) is 0 Å². The minimum Gasteiger partial charge on any atom is -0.300 e. The highest BCUT2D eigenvalue weighted by molar-refractivity contribution is 5.79. The van der Waals surface area contributed by atoms with Crippen LogP contribution in [-0.2, 0) is 30.5 Å². The Bertz CT molecular complexity index is 1170. The van der Waals surface area contributed by atoms with Crippen molar-refractivity contribution in [2.75, 3.05) is 0 Å². The van der Waals surface area contributed by atoms with Crippen LogP contribution in [0.25, 0.3) is 6.08 Å². The predicted molar refractivity (Wildman–Crippen MR) is 133 cm³/mol. The first-order chi connectivity index (χ1) is 15.6. The molecule has 0 saturated heterocycles. The summed E-state index contributed by atoms with van der Waals surface area (Å²) in [7, 11) is 0. The summed E-state index contributed by atoms with van der Waals surface area (Å²) >= 11 is 0. The molecule has 0 spiro atoms. The Morgan fingerprint density at radius 2 is 1.75 bits per heavy atom. The standard InChI is InChI=1S/C31H32O/c1-3-23-17-25-11-7-8-12-30(25)31(23)28-19-26(14-13-22-9-5-4-6-10-22)29-16-15-24(21(2)32)18-27(29)20-28/h4-12,17,19-20,24,31H,3,13-16,18H2,1-2H3. The molecule has 162 valence electrons. The first-order valence-corrected chi connectivity index (χ1v) is 12.1. The van der Waals surface area contributed by atoms with Crippen molar-refractivity contribution in [2.24, 2.45) is 5.92 Å². The van der Waals surface area contributed by atoms with E-state index in [0.29, 0.717) is 11.7 Å². The molecule has 0 amide bonds. The Balaban J connectivity index is 1.56. The number of aryl methyl sites for hydroxylation is 2. The lowest BCUT2D eigenvalue weighted by Gasteiger charge is -2.28. The summed E-state index contributed by atoms with van der Waals surface area (Å²) in [4.78, 5) is 12.2. The number of fused-ring (bicyclic) bond motifs is 2. The van der Waals surface area contributed by atoms with Crippen LogP contribution in [-0.4, -0.2) is 5.78 Å². The number of hydrogen-bond donors (Lipinski definition) is 0. The second kappa shape index (κ2) is 8.90. The van der Waals surface area contributed by atoms with E-state index in [4.69, 9.17) is 0 Å². The molecule has 3 aromatic rings. The summed E-state index contributed by atoms with van der Waals surface area (Å²) < 4.78 is 0. The molecule has 0 bridgehead atoms. The van der Waals surface area contributed by atoms with Crippen LogP contribution in [0.4, 0.5) is 0 Å². The highest BCUT2D eigenvalue weighted by Crippen LogP contribution is 2.44. The normalized spacial score (nSPS) is 19.2. The van der Waals surface area contributed by atoms with Gasteiger partial charge in [-0.15, -0.1) is 0 Å². The summed E-state index contributed by atoms with van der Waals surface area (Å²) in [6.45, 7) is 4.03. The fraction of sp³-hybridized carbons (Fsp3) is 0.323. The highest BCUT2D eigenvalue weighted by Gasteiger charge is 2.29. The van der Waals surface area contributed by atoms with E-state index in [2.05, 4.69) is 79.7 Å². The zero-order valence-electron chi connectivity index (χ0n) is 19.2. The minimum absolute atomic E-state index is 0.178. The van der Waals surface area contributed by atoms with Gasteiger partial charge in [-0.1, -0.05) is 85.3 Å². The lowest BCUT2D eigenvalue weighted by atomic mass is 9.76. The van der Waals surface area contributed by atoms with Crippen molar-refractivity contribution in [3.63, 3.8) is 0 Å². The van der Waals surface area contributed by atoms with Crippen LogP contribution in [0.15, 0.2) is 72.3 Å². The Morgan fingerprint density at radius 1 is 0.969 bits per heavy atom. The fourth-order valence-electron chi connectivity index (χ4n) is 5.76. The average Bonchev–Trinajstić information content (AvgIpc) is 3.21. The van der Waals surface area contributed by atoms with Gasteiger partial charge in [-0.2, -0.15) is 0 Å². The molecule has 32 heavy (non-hydrogen) atoms. The van der Waals surface area contributed by atoms with E-state index in [1.807, 2.05) is 0 Å². The van der Waals surface area contributed by atoms with Crippen molar-refractivity contribution in [1.82, 2.24) is 0 Å². The molecule has 0 aromatic heterocycles. The molecule has 0 aliphatic heterocycles. The van der Waals surface area contributed by atoms with Crippen LogP contribution in [0.2, 0.25) is 0 Å². The minimum atomic E-state index is 0.178. The van der Waals surface area contributed by atoms with Gasteiger partial charge in [-0.3, -0.25) is 4.79 Å². The largest absolute Gasteiger partial charge is 0.300 e. The third kappa shape index (κ3) is 3.97. The van der Waals surface area contributed by atoms with Crippen molar-refractivity contribution < 1.29 is 4.79 Å². The molecule has 2 atom stereocenters. The second-order valence-corrected chi connectivity index (χ2v) is 9.49. The van der Waals surface area contributed by atoms with Gasteiger partial charge in [0.1, 0.15) is 5.78 Å². The third-order valence-corrected chi connectivity index (χ3v) is 7.53. The maximum Gasteiger partial charge on any atom is 0.133 e. The van der Waals surface area contributed by atoms with Gasteiger partial charge in [-0.05, 0) is 84.4 Å². The van der Waals surface area contributed by atoms with Crippen molar-refractivity contribution in [1.29, 1.82) is 0 Å². The van der Waals surface area contributed by atoms with Crippen molar-refractivity contribution in [2.45, 2.75) is 58.3 Å². The quantitative estimate of drug-likeness (QED) is 0.415. The van der Waals surface area contributed by atoms with Crippen molar-refractivity contribution >= 4 is 11.9 Å². The van der Waals surface area contributed by atoms with Crippen molar-refractivity contribution in [3.05, 3.63) is 111 Å². The van der Waals surface area contributed by atoms with Crippen LogP contribution >= 0.6 is 0 Å². The van der Waals surface area contributed by atoms with Gasteiger partial charge in [0.2, 0.25) is 0 Å². The number of carbonyl (C=O) groups excluding carboxylic acids is 1. The third-order valence-electron chi connectivity index (χ3n) is 7.53. The number of Topliss-reactive ketones (excluding diaryl/α,β-unsaturated/α-hetero) is 1. The van der Waals surface area contributed by atoms with Gasteiger partial charge < -0.3 is 0 Å². The molecule has 1 nitrogen and oxygen atoms in total. The van der Waals surface area contributed by atoms with E-state index >= 15 is 0 Å². The van der Waals surface area contributed by atoms with Crippen LogP contribution in [0.5, 0.6) is 0 Å². The van der Waals surface area contributed by atoms with Gasteiger partial charge in [0.25, 0.3) is 0 Å². The molecule has 5 rings (SSSR count). The molecule has 0 N–H and O–H groups in total. The summed E-state index contributed by atoms with van der Waals surface area (Å²) in [5.41, 5.74) is 11.5. The highest BCUT2D eigenvalue weighted by atomic mass is 16.1. The van der Waals surface area contributed by atoms with Gasteiger partial charge in [0, 0.05) is 11.8 Å². The lowest BCUT2D eigenvalue weighted by molar-refractivity contribution is -0.121. The predicted octanol–water partition coefficient (Wildman–Crippen LogP) is 7.10. The summed E-state index contributed by atoms with van der Waals surface area (Å²) in [6.07, 6.45) is 8.49. The van der Waals surface area contributed by atoms with Gasteiger partial charge in [0.15, 0.2) is 0 Å². The molecule has 1 heteroatoms. The maximum absolute atomic E-state index is 12.2. The van der Waals surface area contributed by atoms with Crippen LogP contribution < -0.4 is 0 Å². The van der Waals surface area contributed by atoms with E-state index in [9.17, 15) is 4.79 Å². The Kier molecular flexibility index (Phi) is 5.83. The molecule has 2 unspecified atom stereocenters. The molecule has 0 heterocycles. The number of rotatable bonds is 6. The van der Waals surface area contributed by atoms with Gasteiger partial charge >= 0.3 is 0 Å². The summed E-state index contributed by atoms with van der Waals surface area (Å²) in [5, 5.41) is 0. The second-order valence-electron chi connectivity index (χ2n) is 9.49. The molecule has 0 fully saturated rings. The smallest absolute Gasteiger partial charge is 0.133 e. The van der Waals surface area contributed by atoms with E-state index in [-0.39, 0.29) is 5.92 Å². The zero-order chi connectivity index (χ0) is 22.1. The molecule has 0 saturated carbocycles. The summed E-state index contributed by atoms with van der Waals surface area (Å²) in [5.74, 6) is 0.860. The fourth-order valence-corrected chi connectivity index (χ4v) is 5.76. The Hall–Kier alpha value is -2.93. The lowest BCUT2D eigenvalue weighted by Crippen LogP contribution is -2.22. The van der Waals surface area contributed by atoms with E-state index in [0.717, 1.165) is 38.5 Å². The zero-order valence-corrected chi connectivity index (χ0v) is 19.2. The SMILES string of the molecule is CCC1=Cc2ccccc2C1c1cc(CCc2ccccc2)c2c(c1)CC(C(C)=O)CC2. The average molecular weight is 421 g/mol. The molecule has 2 aliphatic carbocycles. The van der Waals surface area contributed by atoms with Crippen LogP contribution in [0.1, 0.15) is 71.6 Å². The number of allylic oxidation sites excluding steroid dienone is 1. The Morgan fingerprint density at radius 3 is 2.53 bits per heavy atom. The first kappa shape index (κ1) is 20.9. The molecule has 3 aromatic carbocycles. The van der Waals surface area contributed by atoms with Gasteiger partial charge in [-0.25, -0.2) is 0 Å². The molecule has 0 radical (unpaired) electrons. The topological polar surface area (TPSA) is 17.1 Å². The first-order valence-electron chi connectivity index (χ1n) is 12.1. The number of benzene rings is 3.